The number of amides is 3. The van der Waals surface area contributed by atoms with Crippen LogP contribution in [-0.2, 0) is 25.6 Å². The molecule has 1 rings (SSSR count). The molecular formula is C24H39N5O5. The summed E-state index contributed by atoms with van der Waals surface area (Å²) < 4.78 is 0. The molecular weight excluding hydrogens is 438 g/mol. The predicted molar refractivity (Wildman–Crippen MR) is 130 cm³/mol. The third-order valence-electron chi connectivity index (χ3n) is 5.29. The van der Waals surface area contributed by atoms with Gasteiger partial charge < -0.3 is 32.5 Å². The lowest BCUT2D eigenvalue weighted by atomic mass is 10.0. The highest BCUT2D eigenvalue weighted by Crippen LogP contribution is 2.08. The molecule has 10 heteroatoms. The van der Waals surface area contributed by atoms with Gasteiger partial charge in [-0.25, -0.2) is 0 Å². The van der Waals surface area contributed by atoms with E-state index >= 15 is 0 Å². The molecule has 0 radical (unpaired) electrons. The summed E-state index contributed by atoms with van der Waals surface area (Å²) in [5, 5.41) is 16.9. The van der Waals surface area contributed by atoms with Gasteiger partial charge in [-0.3, -0.25) is 19.2 Å². The average Bonchev–Trinajstić information content (AvgIpc) is 2.77. The number of carboxylic acid groups (broad SMARTS) is 1. The van der Waals surface area contributed by atoms with E-state index < -0.39 is 47.9 Å². The van der Waals surface area contributed by atoms with E-state index in [1.165, 1.54) is 6.92 Å². The fourth-order valence-electron chi connectivity index (χ4n) is 3.36. The van der Waals surface area contributed by atoms with Gasteiger partial charge in [0.1, 0.15) is 18.1 Å². The predicted octanol–water partition coefficient (Wildman–Crippen LogP) is 0.290. The van der Waals surface area contributed by atoms with Crippen LogP contribution in [0.3, 0.4) is 0 Å². The van der Waals surface area contributed by atoms with Crippen molar-refractivity contribution in [2.75, 3.05) is 6.54 Å². The van der Waals surface area contributed by atoms with Crippen molar-refractivity contribution < 1.29 is 24.3 Å². The molecule has 4 unspecified atom stereocenters. The molecule has 10 nitrogen and oxygen atoms in total. The first kappa shape index (κ1) is 29.1. The Hall–Kier alpha value is -2.98. The molecule has 0 aliphatic heterocycles. The van der Waals surface area contributed by atoms with Gasteiger partial charge in [-0.15, -0.1) is 0 Å². The fraction of sp³-hybridized carbons (Fsp3) is 0.583. The molecule has 1 aromatic carbocycles. The van der Waals surface area contributed by atoms with Crippen molar-refractivity contribution in [1.82, 2.24) is 16.0 Å². The summed E-state index contributed by atoms with van der Waals surface area (Å²) in [7, 11) is 0. The maximum absolute atomic E-state index is 13.2. The molecule has 0 aliphatic carbocycles. The average molecular weight is 478 g/mol. The molecule has 0 aromatic heterocycles. The number of rotatable bonds is 15. The molecule has 0 saturated heterocycles. The van der Waals surface area contributed by atoms with E-state index in [0.717, 1.165) is 5.56 Å². The van der Waals surface area contributed by atoms with E-state index in [4.69, 9.17) is 16.6 Å². The quantitative estimate of drug-likeness (QED) is 0.197. The minimum atomic E-state index is -1.19. The molecule has 0 bridgehead atoms. The Morgan fingerprint density at radius 1 is 0.882 bits per heavy atom. The van der Waals surface area contributed by atoms with Crippen molar-refractivity contribution >= 4 is 23.7 Å². The number of carbonyl (C=O) groups is 4. The highest BCUT2D eigenvalue weighted by atomic mass is 16.4. The van der Waals surface area contributed by atoms with E-state index in [2.05, 4.69) is 16.0 Å². The second-order valence-corrected chi connectivity index (χ2v) is 8.90. The zero-order valence-corrected chi connectivity index (χ0v) is 20.3. The monoisotopic (exact) mass is 477 g/mol. The minimum Gasteiger partial charge on any atom is -0.480 e. The van der Waals surface area contributed by atoms with Gasteiger partial charge in [0.15, 0.2) is 0 Å². The van der Waals surface area contributed by atoms with Crippen LogP contribution < -0.4 is 27.4 Å². The Bertz CT molecular complexity index is 802. The van der Waals surface area contributed by atoms with Gasteiger partial charge in [0.25, 0.3) is 0 Å². The minimum absolute atomic E-state index is 0.203. The summed E-state index contributed by atoms with van der Waals surface area (Å²) >= 11 is 0. The first-order valence-corrected chi connectivity index (χ1v) is 11.7. The SMILES string of the molecule is CC(C)CC(N)C(=O)NC(Cc1ccccc1)C(=O)NC(CCCCN)C(=O)NC(C)C(=O)O. The van der Waals surface area contributed by atoms with Crippen molar-refractivity contribution in [2.24, 2.45) is 17.4 Å². The van der Waals surface area contributed by atoms with Crippen LogP contribution in [0.1, 0.15) is 52.0 Å². The van der Waals surface area contributed by atoms with Crippen LogP contribution in [0, 0.1) is 5.92 Å². The van der Waals surface area contributed by atoms with Gasteiger partial charge in [0.05, 0.1) is 6.04 Å². The fourth-order valence-corrected chi connectivity index (χ4v) is 3.36. The summed E-state index contributed by atoms with van der Waals surface area (Å²) in [6.07, 6.45) is 2.14. The molecule has 3 amide bonds. The summed E-state index contributed by atoms with van der Waals surface area (Å²) in [5.41, 5.74) is 12.4. The number of nitrogens with two attached hydrogens (primary N) is 2. The second-order valence-electron chi connectivity index (χ2n) is 8.90. The Morgan fingerprint density at radius 3 is 2.03 bits per heavy atom. The summed E-state index contributed by atoms with van der Waals surface area (Å²) in [4.78, 5) is 49.7. The summed E-state index contributed by atoms with van der Waals surface area (Å²) in [6.45, 7) is 5.66. The first-order chi connectivity index (χ1) is 16.0. The number of carbonyl (C=O) groups excluding carboxylic acids is 3. The number of carboxylic acids is 1. The summed E-state index contributed by atoms with van der Waals surface area (Å²) in [6, 6.07) is 5.34. The second kappa shape index (κ2) is 15.0. The van der Waals surface area contributed by atoms with Crippen LogP contribution >= 0.6 is 0 Å². The number of aliphatic carboxylic acids is 1. The molecule has 0 fully saturated rings. The van der Waals surface area contributed by atoms with Gasteiger partial charge in [-0.1, -0.05) is 44.2 Å². The molecule has 4 atom stereocenters. The Morgan fingerprint density at radius 2 is 1.47 bits per heavy atom. The largest absolute Gasteiger partial charge is 0.480 e. The number of hydrogen-bond acceptors (Lipinski definition) is 6. The smallest absolute Gasteiger partial charge is 0.325 e. The number of nitrogens with one attached hydrogen (secondary N) is 3. The normalized spacial score (nSPS) is 14.5. The Balaban J connectivity index is 3.03. The number of benzene rings is 1. The topological polar surface area (TPSA) is 177 Å². The van der Waals surface area contributed by atoms with E-state index in [1.54, 1.807) is 0 Å². The first-order valence-electron chi connectivity index (χ1n) is 11.7. The molecule has 34 heavy (non-hydrogen) atoms. The highest BCUT2D eigenvalue weighted by molar-refractivity contribution is 5.94. The molecule has 0 spiro atoms. The van der Waals surface area contributed by atoms with Crippen molar-refractivity contribution in [1.29, 1.82) is 0 Å². The van der Waals surface area contributed by atoms with Crippen LogP contribution in [0.15, 0.2) is 30.3 Å². The lowest BCUT2D eigenvalue weighted by Crippen LogP contribution is -2.57. The van der Waals surface area contributed by atoms with Crippen molar-refractivity contribution in [3.05, 3.63) is 35.9 Å². The van der Waals surface area contributed by atoms with Crippen LogP contribution in [0.25, 0.3) is 0 Å². The van der Waals surface area contributed by atoms with Gasteiger partial charge in [-0.05, 0) is 50.6 Å². The van der Waals surface area contributed by atoms with E-state index in [9.17, 15) is 19.2 Å². The van der Waals surface area contributed by atoms with Crippen LogP contribution in [0.4, 0.5) is 0 Å². The van der Waals surface area contributed by atoms with Gasteiger partial charge in [0, 0.05) is 6.42 Å². The van der Waals surface area contributed by atoms with E-state index in [1.807, 2.05) is 44.2 Å². The lowest BCUT2D eigenvalue weighted by molar-refractivity contribution is -0.141. The lowest BCUT2D eigenvalue weighted by Gasteiger charge is -2.25. The molecule has 1 aromatic rings. The zero-order valence-electron chi connectivity index (χ0n) is 20.3. The molecule has 0 aliphatic rings. The van der Waals surface area contributed by atoms with Crippen LogP contribution in [0.5, 0.6) is 0 Å². The van der Waals surface area contributed by atoms with E-state index in [-0.39, 0.29) is 18.8 Å². The molecule has 0 saturated carbocycles. The standard InChI is InChI=1S/C24H39N5O5/c1-15(2)13-18(26)21(30)29-20(14-17-9-5-4-6-10-17)23(32)28-19(11-7-8-12-25)22(31)27-16(3)24(33)34/h4-6,9-10,15-16,18-20H,7-8,11-14,25-26H2,1-3H3,(H,27,31)(H,28,32)(H,29,30)(H,33,34). The molecule has 0 heterocycles. The molecule has 8 N–H and O–H groups in total. The van der Waals surface area contributed by atoms with Gasteiger partial charge >= 0.3 is 5.97 Å². The van der Waals surface area contributed by atoms with Crippen molar-refractivity contribution in [3.63, 3.8) is 0 Å². The molecule has 190 valence electrons. The zero-order chi connectivity index (χ0) is 25.7. The van der Waals surface area contributed by atoms with Gasteiger partial charge in [-0.2, -0.15) is 0 Å². The van der Waals surface area contributed by atoms with Crippen molar-refractivity contribution in [2.45, 2.75) is 77.0 Å². The highest BCUT2D eigenvalue weighted by Gasteiger charge is 2.29. The third-order valence-corrected chi connectivity index (χ3v) is 5.29. The summed E-state index contributed by atoms with van der Waals surface area (Å²) in [5.74, 6) is -2.59. The van der Waals surface area contributed by atoms with Gasteiger partial charge in [0.2, 0.25) is 17.7 Å². The third kappa shape index (κ3) is 10.8. The van der Waals surface area contributed by atoms with Crippen LogP contribution in [-0.4, -0.2) is 59.5 Å². The van der Waals surface area contributed by atoms with E-state index in [0.29, 0.717) is 25.8 Å². The maximum Gasteiger partial charge on any atom is 0.325 e. The van der Waals surface area contributed by atoms with Crippen LogP contribution in [0.2, 0.25) is 0 Å². The number of hydrogen-bond donors (Lipinski definition) is 6. The Labute approximate surface area is 201 Å². The maximum atomic E-state index is 13.2. The Kier molecular flexibility index (Phi) is 12.8. The number of unbranched alkanes of at least 4 members (excludes halogenated alkanes) is 1. The van der Waals surface area contributed by atoms with Crippen molar-refractivity contribution in [3.8, 4) is 0 Å².